The molecule has 2 N–H and O–H groups in total. The maximum absolute atomic E-state index is 10.7. The third kappa shape index (κ3) is 3.10. The zero-order valence-corrected chi connectivity index (χ0v) is 9.72. The van der Waals surface area contributed by atoms with E-state index in [0.29, 0.717) is 10.8 Å². The summed E-state index contributed by atoms with van der Waals surface area (Å²) in [6, 6.07) is 6.19. The van der Waals surface area contributed by atoms with E-state index in [1.54, 1.807) is 30.4 Å². The standard InChI is InChI=1S/C12H11NO3S/c14-9-3-1-2-8(6-9)4-5-11-13-10(7-17-11)12(15)16/h1-6,10,14H,7H2,(H,15,16)/b5-4+/t10-/m0/s1. The van der Waals surface area contributed by atoms with E-state index in [1.165, 1.54) is 11.8 Å². The molecule has 0 amide bonds. The fourth-order valence-corrected chi connectivity index (χ4v) is 2.32. The first-order valence-corrected chi connectivity index (χ1v) is 6.04. The molecular formula is C12H11NO3S. The minimum absolute atomic E-state index is 0.205. The van der Waals surface area contributed by atoms with Crippen LogP contribution in [0.25, 0.3) is 6.08 Å². The van der Waals surface area contributed by atoms with Crippen LogP contribution in [0.1, 0.15) is 5.56 Å². The summed E-state index contributed by atoms with van der Waals surface area (Å²) in [5.41, 5.74) is 0.854. The lowest BCUT2D eigenvalue weighted by Gasteiger charge is -1.94. The Kier molecular flexibility index (Phi) is 3.49. The highest BCUT2D eigenvalue weighted by molar-refractivity contribution is 8.14. The van der Waals surface area contributed by atoms with Crippen LogP contribution in [0.2, 0.25) is 0 Å². The summed E-state index contributed by atoms with van der Waals surface area (Å²) in [5.74, 6) is -0.204. The number of carbonyl (C=O) groups is 1. The lowest BCUT2D eigenvalue weighted by atomic mass is 10.2. The second kappa shape index (κ2) is 5.05. The van der Waals surface area contributed by atoms with Gasteiger partial charge < -0.3 is 10.2 Å². The number of nitrogens with zero attached hydrogens (tertiary/aromatic N) is 1. The van der Waals surface area contributed by atoms with Crippen LogP contribution in [0, 0.1) is 0 Å². The van der Waals surface area contributed by atoms with Crippen LogP contribution < -0.4 is 0 Å². The van der Waals surface area contributed by atoms with Gasteiger partial charge in [-0.05, 0) is 23.8 Å². The number of rotatable bonds is 3. The van der Waals surface area contributed by atoms with Crippen molar-refractivity contribution in [3.63, 3.8) is 0 Å². The smallest absolute Gasteiger partial charge is 0.329 e. The lowest BCUT2D eigenvalue weighted by molar-refractivity contribution is -0.137. The van der Waals surface area contributed by atoms with Crippen molar-refractivity contribution in [2.45, 2.75) is 6.04 Å². The average molecular weight is 249 g/mol. The van der Waals surface area contributed by atoms with Crippen LogP contribution >= 0.6 is 11.8 Å². The summed E-state index contributed by atoms with van der Waals surface area (Å²) in [4.78, 5) is 14.7. The summed E-state index contributed by atoms with van der Waals surface area (Å²) in [6.07, 6.45) is 3.57. The number of aromatic hydroxyl groups is 1. The number of hydrogen-bond donors (Lipinski definition) is 2. The normalized spacial score (nSPS) is 19.5. The molecule has 1 aromatic carbocycles. The van der Waals surface area contributed by atoms with Crippen LogP contribution in [0.15, 0.2) is 35.3 Å². The first kappa shape index (κ1) is 11.7. The van der Waals surface area contributed by atoms with Crippen molar-refractivity contribution in [1.29, 1.82) is 0 Å². The van der Waals surface area contributed by atoms with Gasteiger partial charge in [0, 0.05) is 5.75 Å². The largest absolute Gasteiger partial charge is 0.508 e. The van der Waals surface area contributed by atoms with Gasteiger partial charge in [-0.3, -0.25) is 4.99 Å². The maximum Gasteiger partial charge on any atom is 0.329 e. The summed E-state index contributed by atoms with van der Waals surface area (Å²) in [5, 5.41) is 18.8. The molecule has 0 unspecified atom stereocenters. The van der Waals surface area contributed by atoms with Gasteiger partial charge in [0.2, 0.25) is 0 Å². The third-order valence-corrected chi connectivity index (χ3v) is 3.27. The molecule has 88 valence electrons. The van der Waals surface area contributed by atoms with Crippen LogP contribution in [-0.2, 0) is 4.79 Å². The number of thioether (sulfide) groups is 1. The average Bonchev–Trinajstić information content (AvgIpc) is 2.75. The molecule has 0 bridgehead atoms. The first-order valence-electron chi connectivity index (χ1n) is 5.05. The topological polar surface area (TPSA) is 69.9 Å². The number of aliphatic carboxylic acids is 1. The van der Waals surface area contributed by atoms with Gasteiger partial charge in [0.1, 0.15) is 5.75 Å². The molecule has 1 atom stereocenters. The Bertz CT molecular complexity index is 496. The van der Waals surface area contributed by atoms with Crippen molar-refractivity contribution in [3.05, 3.63) is 35.9 Å². The number of hydrogen-bond acceptors (Lipinski definition) is 4. The fourth-order valence-electron chi connectivity index (χ4n) is 1.41. The zero-order valence-electron chi connectivity index (χ0n) is 8.91. The molecule has 0 fully saturated rings. The maximum atomic E-state index is 10.7. The van der Waals surface area contributed by atoms with Crippen molar-refractivity contribution in [2.24, 2.45) is 4.99 Å². The summed E-state index contributed by atoms with van der Waals surface area (Å²) in [7, 11) is 0. The Morgan fingerprint density at radius 3 is 2.94 bits per heavy atom. The molecular weight excluding hydrogens is 238 g/mol. The van der Waals surface area contributed by atoms with Crippen molar-refractivity contribution >= 4 is 28.9 Å². The summed E-state index contributed by atoms with van der Waals surface area (Å²) < 4.78 is 0. The van der Waals surface area contributed by atoms with Crippen LogP contribution in [0.4, 0.5) is 0 Å². The van der Waals surface area contributed by atoms with Crippen molar-refractivity contribution in [3.8, 4) is 5.75 Å². The van der Waals surface area contributed by atoms with Gasteiger partial charge in [0.25, 0.3) is 0 Å². The van der Waals surface area contributed by atoms with E-state index in [4.69, 9.17) is 5.11 Å². The van der Waals surface area contributed by atoms with E-state index in [1.807, 2.05) is 6.07 Å². The highest BCUT2D eigenvalue weighted by Crippen LogP contribution is 2.20. The Morgan fingerprint density at radius 1 is 1.47 bits per heavy atom. The van der Waals surface area contributed by atoms with Gasteiger partial charge in [0.15, 0.2) is 6.04 Å². The summed E-state index contributed by atoms with van der Waals surface area (Å²) >= 11 is 1.42. The summed E-state index contributed by atoms with van der Waals surface area (Å²) in [6.45, 7) is 0. The molecule has 0 aliphatic carbocycles. The van der Waals surface area contributed by atoms with E-state index in [0.717, 1.165) is 5.56 Å². The molecule has 1 aromatic rings. The number of phenols is 1. The van der Waals surface area contributed by atoms with E-state index in [9.17, 15) is 9.90 Å². The molecule has 0 aromatic heterocycles. The Balaban J connectivity index is 2.07. The monoisotopic (exact) mass is 249 g/mol. The lowest BCUT2D eigenvalue weighted by Crippen LogP contribution is -2.16. The predicted molar refractivity (Wildman–Crippen MR) is 68.5 cm³/mol. The number of phenolic OH excluding ortho intramolecular Hbond substituents is 1. The van der Waals surface area contributed by atoms with E-state index in [-0.39, 0.29) is 5.75 Å². The zero-order chi connectivity index (χ0) is 12.3. The molecule has 5 heteroatoms. The molecule has 1 aliphatic heterocycles. The van der Waals surface area contributed by atoms with Gasteiger partial charge in [0.05, 0.1) is 5.04 Å². The number of carboxylic acids is 1. The Labute approximate surface area is 103 Å². The highest BCUT2D eigenvalue weighted by atomic mass is 32.2. The van der Waals surface area contributed by atoms with Gasteiger partial charge in [-0.1, -0.05) is 18.2 Å². The number of benzene rings is 1. The van der Waals surface area contributed by atoms with Crippen molar-refractivity contribution < 1.29 is 15.0 Å². The van der Waals surface area contributed by atoms with E-state index < -0.39 is 12.0 Å². The molecule has 17 heavy (non-hydrogen) atoms. The second-order valence-corrected chi connectivity index (χ2v) is 4.60. The minimum atomic E-state index is -0.891. The van der Waals surface area contributed by atoms with Crippen LogP contribution in [0.3, 0.4) is 0 Å². The van der Waals surface area contributed by atoms with Crippen molar-refractivity contribution in [1.82, 2.24) is 0 Å². The molecule has 4 nitrogen and oxygen atoms in total. The van der Waals surface area contributed by atoms with E-state index >= 15 is 0 Å². The second-order valence-electron chi connectivity index (χ2n) is 3.56. The molecule has 0 saturated heterocycles. The van der Waals surface area contributed by atoms with E-state index in [2.05, 4.69) is 4.99 Å². The van der Waals surface area contributed by atoms with Gasteiger partial charge in [-0.25, -0.2) is 4.79 Å². The first-order chi connectivity index (χ1) is 8.15. The number of aliphatic imine (C=N–C) groups is 1. The Morgan fingerprint density at radius 2 is 2.29 bits per heavy atom. The quantitative estimate of drug-likeness (QED) is 0.859. The minimum Gasteiger partial charge on any atom is -0.508 e. The van der Waals surface area contributed by atoms with Crippen molar-refractivity contribution in [2.75, 3.05) is 5.75 Å². The van der Waals surface area contributed by atoms with Gasteiger partial charge >= 0.3 is 5.97 Å². The Hall–Kier alpha value is -1.75. The number of carboxylic acid groups (broad SMARTS) is 1. The van der Waals surface area contributed by atoms with Gasteiger partial charge in [-0.2, -0.15) is 0 Å². The SMILES string of the molecule is O=C(O)[C@@H]1CSC(/C=C/c2cccc(O)c2)=N1. The fraction of sp³-hybridized carbons (Fsp3) is 0.167. The highest BCUT2D eigenvalue weighted by Gasteiger charge is 2.22. The third-order valence-electron chi connectivity index (χ3n) is 2.25. The van der Waals surface area contributed by atoms with Gasteiger partial charge in [-0.15, -0.1) is 11.8 Å². The van der Waals surface area contributed by atoms with Crippen LogP contribution in [-0.4, -0.2) is 33.0 Å². The van der Waals surface area contributed by atoms with Crippen LogP contribution in [0.5, 0.6) is 5.75 Å². The molecule has 2 rings (SSSR count). The predicted octanol–water partition coefficient (Wildman–Crippen LogP) is 2.00. The molecule has 1 heterocycles. The molecule has 0 radical (unpaired) electrons. The molecule has 1 aliphatic rings. The molecule has 0 spiro atoms. The molecule has 0 saturated carbocycles.